The molecule has 142 valence electrons. The number of fused-ring (bicyclic) bond motifs is 1. The number of unbranched alkanes of at least 4 members (excludes halogenated alkanes) is 1. The lowest BCUT2D eigenvalue weighted by Gasteiger charge is -2.18. The summed E-state index contributed by atoms with van der Waals surface area (Å²) >= 11 is 0. The second-order valence-electron chi connectivity index (χ2n) is 7.05. The highest BCUT2D eigenvalue weighted by Crippen LogP contribution is 2.29. The van der Waals surface area contributed by atoms with E-state index in [-0.39, 0.29) is 0 Å². The van der Waals surface area contributed by atoms with Crippen LogP contribution < -0.4 is 5.32 Å². The lowest BCUT2D eigenvalue weighted by Crippen LogP contribution is -2.10. The zero-order valence-corrected chi connectivity index (χ0v) is 16.4. The zero-order valence-electron chi connectivity index (χ0n) is 16.4. The van der Waals surface area contributed by atoms with Gasteiger partial charge in [-0.3, -0.25) is 4.98 Å². The highest BCUT2D eigenvalue weighted by atomic mass is 15.3. The van der Waals surface area contributed by atoms with Crippen LogP contribution in [0, 0.1) is 6.92 Å². The predicted molar refractivity (Wildman–Crippen MR) is 111 cm³/mol. The molecule has 0 amide bonds. The third kappa shape index (κ3) is 4.73. The predicted octanol–water partition coefficient (Wildman–Crippen LogP) is 5.28. The molecule has 1 N–H and O–H groups in total. The maximum Gasteiger partial charge on any atom is 0.160 e. The fraction of sp³-hybridized carbons (Fsp3) is 0.409. The summed E-state index contributed by atoms with van der Waals surface area (Å²) in [6.45, 7) is 8.86. The SMILES string of the molecule is C=CCCCC(CCC)c1cc(NCc2cccnc2)n2ncc(C)c2n1. The molecule has 0 spiro atoms. The smallest absolute Gasteiger partial charge is 0.160 e. The fourth-order valence-corrected chi connectivity index (χ4v) is 3.42. The summed E-state index contributed by atoms with van der Waals surface area (Å²) in [6.07, 6.45) is 13.2. The molecule has 0 aromatic carbocycles. The van der Waals surface area contributed by atoms with Crippen LogP contribution in [0.3, 0.4) is 0 Å². The second kappa shape index (κ2) is 9.31. The summed E-state index contributed by atoms with van der Waals surface area (Å²) in [5.74, 6) is 1.45. The van der Waals surface area contributed by atoms with Crippen molar-refractivity contribution in [1.29, 1.82) is 0 Å². The van der Waals surface area contributed by atoms with E-state index in [0.717, 1.165) is 60.4 Å². The topological polar surface area (TPSA) is 55.1 Å². The maximum absolute atomic E-state index is 4.97. The van der Waals surface area contributed by atoms with E-state index in [1.54, 1.807) is 6.20 Å². The molecule has 27 heavy (non-hydrogen) atoms. The van der Waals surface area contributed by atoms with Gasteiger partial charge in [-0.25, -0.2) is 4.98 Å². The van der Waals surface area contributed by atoms with Crippen LogP contribution >= 0.6 is 0 Å². The number of hydrogen-bond donors (Lipinski definition) is 1. The van der Waals surface area contributed by atoms with Crippen LogP contribution in [0.4, 0.5) is 5.82 Å². The maximum atomic E-state index is 4.97. The molecule has 1 unspecified atom stereocenters. The van der Waals surface area contributed by atoms with Crippen molar-refractivity contribution in [2.45, 2.75) is 58.4 Å². The van der Waals surface area contributed by atoms with E-state index in [1.165, 1.54) is 0 Å². The van der Waals surface area contributed by atoms with Crippen molar-refractivity contribution in [3.05, 3.63) is 66.3 Å². The van der Waals surface area contributed by atoms with Gasteiger partial charge < -0.3 is 5.32 Å². The fourth-order valence-electron chi connectivity index (χ4n) is 3.42. The highest BCUT2D eigenvalue weighted by Gasteiger charge is 2.16. The molecule has 5 heteroatoms. The van der Waals surface area contributed by atoms with Crippen molar-refractivity contribution in [3.8, 4) is 0 Å². The van der Waals surface area contributed by atoms with Crippen molar-refractivity contribution in [1.82, 2.24) is 19.6 Å². The minimum Gasteiger partial charge on any atom is -0.366 e. The van der Waals surface area contributed by atoms with Crippen molar-refractivity contribution >= 4 is 11.5 Å². The van der Waals surface area contributed by atoms with Gasteiger partial charge >= 0.3 is 0 Å². The highest BCUT2D eigenvalue weighted by molar-refractivity contribution is 5.54. The first-order chi connectivity index (χ1) is 13.2. The number of aromatic nitrogens is 4. The summed E-state index contributed by atoms with van der Waals surface area (Å²) in [5, 5.41) is 8.04. The second-order valence-corrected chi connectivity index (χ2v) is 7.05. The summed E-state index contributed by atoms with van der Waals surface area (Å²) in [7, 11) is 0. The first-order valence-electron chi connectivity index (χ1n) is 9.81. The number of allylic oxidation sites excluding steroid dienone is 1. The van der Waals surface area contributed by atoms with Gasteiger partial charge in [0.15, 0.2) is 5.65 Å². The van der Waals surface area contributed by atoms with Gasteiger partial charge in [0.2, 0.25) is 0 Å². The molecule has 3 aromatic heterocycles. The number of hydrogen-bond acceptors (Lipinski definition) is 4. The average Bonchev–Trinajstić information content (AvgIpc) is 3.07. The third-order valence-electron chi connectivity index (χ3n) is 4.88. The molecule has 1 atom stereocenters. The molecular formula is C22H29N5. The minimum absolute atomic E-state index is 0.466. The molecule has 5 nitrogen and oxygen atoms in total. The Kier molecular flexibility index (Phi) is 6.58. The summed E-state index contributed by atoms with van der Waals surface area (Å²) in [6, 6.07) is 6.20. The van der Waals surface area contributed by atoms with E-state index in [2.05, 4.69) is 48.0 Å². The largest absolute Gasteiger partial charge is 0.366 e. The van der Waals surface area contributed by atoms with Gasteiger partial charge in [-0.2, -0.15) is 9.61 Å². The van der Waals surface area contributed by atoms with Crippen LogP contribution in [0.15, 0.2) is 49.4 Å². The molecule has 0 saturated carbocycles. The van der Waals surface area contributed by atoms with E-state index >= 15 is 0 Å². The van der Waals surface area contributed by atoms with E-state index in [1.807, 2.05) is 29.1 Å². The first-order valence-corrected chi connectivity index (χ1v) is 9.81. The summed E-state index contributed by atoms with van der Waals surface area (Å²) < 4.78 is 1.90. The van der Waals surface area contributed by atoms with Gasteiger partial charge in [-0.15, -0.1) is 6.58 Å². The molecule has 3 heterocycles. The van der Waals surface area contributed by atoms with Gasteiger partial charge in [-0.05, 0) is 44.2 Å². The normalized spacial score (nSPS) is 12.2. The number of pyridine rings is 1. The Morgan fingerprint density at radius 3 is 2.93 bits per heavy atom. The number of rotatable bonds is 10. The summed E-state index contributed by atoms with van der Waals surface area (Å²) in [4.78, 5) is 9.16. The Bertz CT molecular complexity index is 869. The Labute approximate surface area is 161 Å². The molecule has 3 rings (SSSR count). The number of nitrogens with one attached hydrogen (secondary N) is 1. The van der Waals surface area contributed by atoms with Gasteiger partial charge in [0.1, 0.15) is 5.82 Å². The van der Waals surface area contributed by atoms with Gasteiger partial charge in [0.25, 0.3) is 0 Å². The Balaban J connectivity index is 1.90. The van der Waals surface area contributed by atoms with Crippen LogP contribution in [-0.4, -0.2) is 19.6 Å². The van der Waals surface area contributed by atoms with E-state index in [4.69, 9.17) is 4.98 Å². The standard InChI is InChI=1S/C22H29N5/c1-4-6-7-11-19(9-5-2)20-13-21(24-16-18-10-8-12-23-15-18)27-22(26-20)17(3)14-25-27/h4,8,10,12-15,19,24H,1,5-7,9,11,16H2,2-3H3. The minimum atomic E-state index is 0.466. The molecule has 0 radical (unpaired) electrons. The van der Waals surface area contributed by atoms with Crippen LogP contribution in [0.5, 0.6) is 0 Å². The Morgan fingerprint density at radius 1 is 1.30 bits per heavy atom. The van der Waals surface area contributed by atoms with Crippen LogP contribution in [0.2, 0.25) is 0 Å². The molecule has 3 aromatic rings. The molecule has 0 aliphatic rings. The molecule has 0 bridgehead atoms. The Hall–Kier alpha value is -2.69. The van der Waals surface area contributed by atoms with Crippen LogP contribution in [-0.2, 0) is 6.54 Å². The molecule has 0 aliphatic carbocycles. The van der Waals surface area contributed by atoms with Crippen molar-refractivity contribution in [2.75, 3.05) is 5.32 Å². The first kappa shape index (κ1) is 19.1. The van der Waals surface area contributed by atoms with Crippen molar-refractivity contribution < 1.29 is 0 Å². The molecule has 0 saturated heterocycles. The summed E-state index contributed by atoms with van der Waals surface area (Å²) in [5.41, 5.74) is 4.34. The van der Waals surface area contributed by atoms with Crippen molar-refractivity contribution in [3.63, 3.8) is 0 Å². The van der Waals surface area contributed by atoms with Gasteiger partial charge in [-0.1, -0.05) is 25.5 Å². The van der Waals surface area contributed by atoms with Crippen LogP contribution in [0.25, 0.3) is 5.65 Å². The van der Waals surface area contributed by atoms with E-state index in [0.29, 0.717) is 12.5 Å². The van der Waals surface area contributed by atoms with Crippen LogP contribution in [0.1, 0.15) is 61.8 Å². The molecular weight excluding hydrogens is 334 g/mol. The third-order valence-corrected chi connectivity index (χ3v) is 4.88. The van der Waals surface area contributed by atoms with E-state index < -0.39 is 0 Å². The zero-order chi connectivity index (χ0) is 19.1. The van der Waals surface area contributed by atoms with Gasteiger partial charge in [0.05, 0.1) is 6.20 Å². The van der Waals surface area contributed by atoms with Gasteiger partial charge in [0, 0.05) is 42.2 Å². The van der Waals surface area contributed by atoms with Crippen molar-refractivity contribution in [2.24, 2.45) is 0 Å². The quantitative estimate of drug-likeness (QED) is 0.393. The monoisotopic (exact) mass is 363 g/mol. The van der Waals surface area contributed by atoms with E-state index in [9.17, 15) is 0 Å². The average molecular weight is 364 g/mol. The lowest BCUT2D eigenvalue weighted by atomic mass is 9.93. The molecule has 0 fully saturated rings. The number of aryl methyl sites for hydroxylation is 1. The number of nitrogens with zero attached hydrogens (tertiary/aromatic N) is 4. The lowest BCUT2D eigenvalue weighted by molar-refractivity contribution is 0.537. The molecule has 0 aliphatic heterocycles. The Morgan fingerprint density at radius 2 is 2.19 bits per heavy atom. The number of anilines is 1.